The number of anilines is 1. The van der Waals surface area contributed by atoms with E-state index in [1.807, 2.05) is 97.1 Å². The minimum Gasteiger partial charge on any atom is -0.488 e. The summed E-state index contributed by atoms with van der Waals surface area (Å²) in [4.78, 5) is 13.3. The van der Waals surface area contributed by atoms with Crippen LogP contribution in [0.4, 0.5) is 5.69 Å². The third-order valence-corrected chi connectivity index (χ3v) is 6.89. The molecule has 0 aliphatic rings. The highest BCUT2D eigenvalue weighted by molar-refractivity contribution is 6.14. The summed E-state index contributed by atoms with van der Waals surface area (Å²) >= 11 is 0. The number of fused-ring (bicyclic) bond motifs is 3. The predicted octanol–water partition coefficient (Wildman–Crippen LogP) is 8.27. The standard InChI is InChI=1S/C35H24N2O2/c36-22-28(35(38)37-33-18-8-13-25-10-3-6-17-31(25)33)21-32-30-16-5-2-11-26(30)19-20-34(32)39-23-27-14-7-12-24-9-1-4-15-29(24)27/h1-21H,23H2,(H,37,38)/b28-21+. The monoisotopic (exact) mass is 504 g/mol. The molecule has 1 amide bonds. The highest BCUT2D eigenvalue weighted by Crippen LogP contribution is 2.32. The summed E-state index contributed by atoms with van der Waals surface area (Å²) in [5.74, 6) is 0.133. The van der Waals surface area contributed by atoms with E-state index < -0.39 is 5.91 Å². The first-order valence-electron chi connectivity index (χ1n) is 12.7. The van der Waals surface area contributed by atoms with Crippen LogP contribution in [0.2, 0.25) is 0 Å². The van der Waals surface area contributed by atoms with Gasteiger partial charge in [-0.2, -0.15) is 5.26 Å². The van der Waals surface area contributed by atoms with Crippen LogP contribution in [0.3, 0.4) is 0 Å². The van der Waals surface area contributed by atoms with E-state index in [1.54, 1.807) is 6.08 Å². The number of nitriles is 1. The van der Waals surface area contributed by atoms with Gasteiger partial charge in [0, 0.05) is 16.6 Å². The van der Waals surface area contributed by atoms with Crippen LogP contribution >= 0.6 is 0 Å². The Balaban J connectivity index is 1.37. The van der Waals surface area contributed by atoms with Gasteiger partial charge in [-0.25, -0.2) is 0 Å². The Bertz CT molecular complexity index is 1920. The molecule has 4 nitrogen and oxygen atoms in total. The lowest BCUT2D eigenvalue weighted by atomic mass is 10.0. The summed E-state index contributed by atoms with van der Waals surface area (Å²) in [6.45, 7) is 0.352. The molecule has 0 spiro atoms. The van der Waals surface area contributed by atoms with Crippen molar-refractivity contribution in [3.05, 3.63) is 138 Å². The summed E-state index contributed by atoms with van der Waals surface area (Å²) in [7, 11) is 0. The number of nitrogens with zero attached hydrogens (tertiary/aromatic N) is 1. The van der Waals surface area contributed by atoms with Crippen molar-refractivity contribution < 1.29 is 9.53 Å². The van der Waals surface area contributed by atoms with Crippen LogP contribution in [-0.2, 0) is 11.4 Å². The number of carbonyl (C=O) groups is 1. The molecule has 0 heterocycles. The average molecular weight is 505 g/mol. The molecule has 39 heavy (non-hydrogen) atoms. The van der Waals surface area contributed by atoms with Crippen molar-refractivity contribution in [2.24, 2.45) is 0 Å². The molecular weight excluding hydrogens is 480 g/mol. The Kier molecular flexibility index (Phi) is 6.47. The maximum atomic E-state index is 13.3. The van der Waals surface area contributed by atoms with Gasteiger partial charge in [0.25, 0.3) is 5.91 Å². The summed E-state index contributed by atoms with van der Waals surface area (Å²) in [6, 6.07) is 41.8. The average Bonchev–Trinajstić information content (AvgIpc) is 2.99. The smallest absolute Gasteiger partial charge is 0.266 e. The largest absolute Gasteiger partial charge is 0.488 e. The fraction of sp³-hybridized carbons (Fsp3) is 0.0286. The van der Waals surface area contributed by atoms with Crippen LogP contribution in [-0.4, -0.2) is 5.91 Å². The third kappa shape index (κ3) is 4.82. The lowest BCUT2D eigenvalue weighted by Crippen LogP contribution is -2.13. The number of ether oxygens (including phenoxy) is 1. The molecule has 1 N–H and O–H groups in total. The van der Waals surface area contributed by atoms with Crippen molar-refractivity contribution >= 4 is 50.0 Å². The zero-order valence-electron chi connectivity index (χ0n) is 21.1. The molecule has 6 aromatic carbocycles. The van der Waals surface area contributed by atoms with Gasteiger partial charge in [-0.15, -0.1) is 0 Å². The molecule has 0 radical (unpaired) electrons. The lowest BCUT2D eigenvalue weighted by molar-refractivity contribution is -0.112. The molecule has 0 aliphatic carbocycles. The van der Waals surface area contributed by atoms with Gasteiger partial charge in [0.1, 0.15) is 24.0 Å². The van der Waals surface area contributed by atoms with Crippen molar-refractivity contribution in [2.45, 2.75) is 6.61 Å². The minimum absolute atomic E-state index is 0.00528. The van der Waals surface area contributed by atoms with Gasteiger partial charge in [0.15, 0.2) is 0 Å². The number of carbonyl (C=O) groups excluding carboxylic acids is 1. The Labute approximate surface area is 226 Å². The number of hydrogen-bond donors (Lipinski definition) is 1. The zero-order chi connectivity index (χ0) is 26.6. The second-order valence-corrected chi connectivity index (χ2v) is 9.28. The summed E-state index contributed by atoms with van der Waals surface area (Å²) in [5.41, 5.74) is 2.40. The summed E-state index contributed by atoms with van der Waals surface area (Å²) in [5, 5.41) is 19.0. The van der Waals surface area contributed by atoms with Gasteiger partial charge in [-0.1, -0.05) is 109 Å². The summed E-state index contributed by atoms with van der Waals surface area (Å²) in [6.07, 6.45) is 1.63. The highest BCUT2D eigenvalue weighted by Gasteiger charge is 2.15. The Morgan fingerprint density at radius 2 is 1.28 bits per heavy atom. The lowest BCUT2D eigenvalue weighted by Gasteiger charge is -2.14. The van der Waals surface area contributed by atoms with Crippen LogP contribution < -0.4 is 10.1 Å². The topological polar surface area (TPSA) is 62.1 Å². The van der Waals surface area contributed by atoms with Crippen molar-refractivity contribution in [1.29, 1.82) is 5.26 Å². The third-order valence-electron chi connectivity index (χ3n) is 6.89. The van der Waals surface area contributed by atoms with Gasteiger partial charge in [0.05, 0.1) is 0 Å². The first-order valence-corrected chi connectivity index (χ1v) is 12.7. The zero-order valence-corrected chi connectivity index (χ0v) is 21.1. The number of hydrogen-bond acceptors (Lipinski definition) is 3. The Morgan fingerprint density at radius 3 is 2.03 bits per heavy atom. The van der Waals surface area contributed by atoms with Gasteiger partial charge >= 0.3 is 0 Å². The van der Waals surface area contributed by atoms with E-state index in [-0.39, 0.29) is 5.57 Å². The molecule has 0 atom stereocenters. The first-order chi connectivity index (χ1) is 19.2. The Hall–Kier alpha value is -5.40. The maximum absolute atomic E-state index is 13.3. The number of benzene rings is 6. The second kappa shape index (κ2) is 10.5. The van der Waals surface area contributed by atoms with Crippen molar-refractivity contribution in [2.75, 3.05) is 5.32 Å². The molecule has 0 saturated carbocycles. The number of nitrogens with one attached hydrogen (secondary N) is 1. The molecule has 0 saturated heterocycles. The van der Waals surface area contributed by atoms with E-state index in [0.29, 0.717) is 23.6 Å². The van der Waals surface area contributed by atoms with Gasteiger partial charge in [-0.05, 0) is 50.7 Å². The van der Waals surface area contributed by atoms with E-state index in [2.05, 4.69) is 35.7 Å². The van der Waals surface area contributed by atoms with Gasteiger partial charge < -0.3 is 10.1 Å². The van der Waals surface area contributed by atoms with Crippen molar-refractivity contribution in [3.63, 3.8) is 0 Å². The van der Waals surface area contributed by atoms with Gasteiger partial charge in [0.2, 0.25) is 0 Å². The fourth-order valence-electron chi connectivity index (χ4n) is 4.94. The van der Waals surface area contributed by atoms with Crippen LogP contribution in [0.5, 0.6) is 5.75 Å². The van der Waals surface area contributed by atoms with E-state index in [4.69, 9.17) is 4.74 Å². The molecule has 4 heteroatoms. The van der Waals surface area contributed by atoms with E-state index in [9.17, 15) is 10.1 Å². The molecule has 0 aliphatic heterocycles. The van der Waals surface area contributed by atoms with E-state index in [0.717, 1.165) is 37.9 Å². The van der Waals surface area contributed by atoms with Crippen molar-refractivity contribution in [1.82, 2.24) is 0 Å². The Morgan fingerprint density at radius 1 is 0.692 bits per heavy atom. The SMILES string of the molecule is N#C/C(=C\c1c(OCc2cccc3ccccc23)ccc2ccccc12)C(=O)Nc1cccc2ccccc12. The predicted molar refractivity (Wildman–Crippen MR) is 158 cm³/mol. The van der Waals surface area contributed by atoms with Crippen LogP contribution in [0.15, 0.2) is 127 Å². The fourth-order valence-corrected chi connectivity index (χ4v) is 4.94. The second-order valence-electron chi connectivity index (χ2n) is 9.28. The van der Waals surface area contributed by atoms with Gasteiger partial charge in [-0.3, -0.25) is 4.79 Å². The molecule has 0 bridgehead atoms. The minimum atomic E-state index is -0.471. The summed E-state index contributed by atoms with van der Waals surface area (Å²) < 4.78 is 6.35. The number of rotatable bonds is 6. The molecule has 186 valence electrons. The molecule has 6 rings (SSSR count). The molecular formula is C35H24N2O2. The van der Waals surface area contributed by atoms with E-state index >= 15 is 0 Å². The first kappa shape index (κ1) is 24.0. The highest BCUT2D eigenvalue weighted by atomic mass is 16.5. The molecule has 6 aromatic rings. The molecule has 0 fully saturated rings. The van der Waals surface area contributed by atoms with Crippen LogP contribution in [0.1, 0.15) is 11.1 Å². The van der Waals surface area contributed by atoms with E-state index in [1.165, 1.54) is 0 Å². The normalized spacial score (nSPS) is 11.4. The quantitative estimate of drug-likeness (QED) is 0.183. The maximum Gasteiger partial charge on any atom is 0.266 e. The van der Waals surface area contributed by atoms with Crippen LogP contribution in [0, 0.1) is 11.3 Å². The van der Waals surface area contributed by atoms with Crippen LogP contribution in [0.25, 0.3) is 38.4 Å². The molecule has 0 aromatic heterocycles. The number of amides is 1. The van der Waals surface area contributed by atoms with Crippen molar-refractivity contribution in [3.8, 4) is 11.8 Å². The molecule has 0 unspecified atom stereocenters.